The normalized spacial score (nSPS) is 17.0. The molecule has 0 aromatic carbocycles. The first-order chi connectivity index (χ1) is 10.1. The second-order valence-corrected chi connectivity index (χ2v) is 11.4. The standard InChI is InChI=1S/2C10H16Cl.Cr/c2*1-6-8(2)9(3)7-10(4,5)11;/h2*7H,1-5H3;. The van der Waals surface area contributed by atoms with Crippen LogP contribution in [0.15, 0.2) is 43.3 Å². The van der Waals surface area contributed by atoms with Gasteiger partial charge < -0.3 is 0 Å². The molecule has 3 heteroatoms. The van der Waals surface area contributed by atoms with E-state index in [1.807, 2.05) is 27.7 Å². The van der Waals surface area contributed by atoms with Crippen LogP contribution >= 0.6 is 23.2 Å². The number of alkyl halides is 2. The molecular formula is C20H32Cl2Cr. The van der Waals surface area contributed by atoms with Crippen molar-refractivity contribution in [3.63, 3.8) is 0 Å². The van der Waals surface area contributed by atoms with Gasteiger partial charge in [0.25, 0.3) is 0 Å². The van der Waals surface area contributed by atoms with E-state index in [9.17, 15) is 0 Å². The van der Waals surface area contributed by atoms with Crippen LogP contribution in [-0.4, -0.2) is 9.75 Å². The number of hydrogen-bond donors (Lipinski definition) is 0. The number of rotatable bonds is 6. The van der Waals surface area contributed by atoms with E-state index in [0.717, 1.165) is 0 Å². The zero-order chi connectivity index (χ0) is 18.6. The third kappa shape index (κ3) is 9.83. The van der Waals surface area contributed by atoms with Crippen LogP contribution in [0.3, 0.4) is 0 Å². The van der Waals surface area contributed by atoms with Crippen molar-refractivity contribution in [1.29, 1.82) is 0 Å². The average Bonchev–Trinajstić information content (AvgIpc) is 2.32. The van der Waals surface area contributed by atoms with Crippen molar-refractivity contribution in [2.45, 2.75) is 79.0 Å². The fraction of sp³-hybridized carbons (Fsp3) is 0.600. The molecule has 0 bridgehead atoms. The van der Waals surface area contributed by atoms with Crippen LogP contribution in [0.5, 0.6) is 0 Å². The van der Waals surface area contributed by atoms with Crippen molar-refractivity contribution in [1.82, 2.24) is 0 Å². The van der Waals surface area contributed by atoms with Gasteiger partial charge in [-0.1, -0.05) is 0 Å². The van der Waals surface area contributed by atoms with E-state index in [4.69, 9.17) is 23.2 Å². The van der Waals surface area contributed by atoms with Gasteiger partial charge in [0.2, 0.25) is 0 Å². The third-order valence-corrected chi connectivity index (χ3v) is 5.80. The van der Waals surface area contributed by atoms with E-state index >= 15 is 0 Å². The molecule has 0 spiro atoms. The molecule has 0 atom stereocenters. The monoisotopic (exact) mass is 394 g/mol. The van der Waals surface area contributed by atoms with Gasteiger partial charge in [0, 0.05) is 0 Å². The Balaban J connectivity index is 5.48. The van der Waals surface area contributed by atoms with Crippen LogP contribution in [0.25, 0.3) is 0 Å². The Labute approximate surface area is 160 Å². The van der Waals surface area contributed by atoms with Crippen molar-refractivity contribution in [2.75, 3.05) is 0 Å². The maximum absolute atomic E-state index is 6.31. The molecule has 0 amide bonds. The molecule has 0 saturated heterocycles. The van der Waals surface area contributed by atoms with Gasteiger partial charge in [-0.05, 0) is 0 Å². The molecule has 0 aliphatic carbocycles. The second kappa shape index (κ2) is 8.96. The Morgan fingerprint density at radius 1 is 0.652 bits per heavy atom. The molecule has 0 aromatic heterocycles. The van der Waals surface area contributed by atoms with E-state index in [-0.39, 0.29) is 9.75 Å². The van der Waals surface area contributed by atoms with Crippen LogP contribution in [0.1, 0.15) is 69.2 Å². The molecule has 0 radical (unpaired) electrons. The molecule has 0 fully saturated rings. The minimum absolute atomic E-state index is 0.301. The zero-order valence-corrected chi connectivity index (χ0v) is 19.1. The van der Waals surface area contributed by atoms with Gasteiger partial charge in [0.1, 0.15) is 0 Å². The van der Waals surface area contributed by atoms with Gasteiger partial charge in [0.05, 0.1) is 0 Å². The van der Waals surface area contributed by atoms with Crippen molar-refractivity contribution >= 4 is 23.2 Å². The summed E-state index contributed by atoms with van der Waals surface area (Å²) in [5.74, 6) is 0. The summed E-state index contributed by atoms with van der Waals surface area (Å²) >= 11 is 13.0. The van der Waals surface area contributed by atoms with Gasteiger partial charge in [-0.15, -0.1) is 0 Å². The predicted octanol–water partition coefficient (Wildman–Crippen LogP) is 7.58. The maximum atomic E-state index is 6.31. The van der Waals surface area contributed by atoms with E-state index in [0.29, 0.717) is 15.2 Å². The second-order valence-electron chi connectivity index (χ2n) is 7.25. The molecular weight excluding hydrogens is 363 g/mol. The molecule has 0 aliphatic rings. The van der Waals surface area contributed by atoms with Gasteiger partial charge in [-0.2, -0.15) is 0 Å². The third-order valence-electron chi connectivity index (χ3n) is 3.66. The van der Waals surface area contributed by atoms with E-state index < -0.39 is 0 Å². The average molecular weight is 395 g/mol. The van der Waals surface area contributed by atoms with Crippen LogP contribution < -0.4 is 0 Å². The molecule has 0 nitrogen and oxygen atoms in total. The molecule has 0 unspecified atom stereocenters. The Kier molecular flexibility index (Phi) is 8.99. The zero-order valence-electron chi connectivity index (χ0n) is 16.3. The molecule has 0 heterocycles. The quantitative estimate of drug-likeness (QED) is 0.321. The number of hydrogen-bond acceptors (Lipinski definition) is 0. The summed E-state index contributed by atoms with van der Waals surface area (Å²) in [5, 5.41) is 0. The van der Waals surface area contributed by atoms with Crippen molar-refractivity contribution < 1.29 is 15.2 Å². The van der Waals surface area contributed by atoms with Gasteiger partial charge in [-0.3, -0.25) is 0 Å². The van der Waals surface area contributed by atoms with Crippen molar-refractivity contribution in [2.24, 2.45) is 0 Å². The summed E-state index contributed by atoms with van der Waals surface area (Å²) in [5.41, 5.74) is 5.24. The molecule has 0 aromatic rings. The summed E-state index contributed by atoms with van der Waals surface area (Å²) in [6, 6.07) is 0. The Morgan fingerprint density at radius 3 is 1.13 bits per heavy atom. The fourth-order valence-corrected chi connectivity index (χ4v) is 4.21. The summed E-state index contributed by atoms with van der Waals surface area (Å²) < 4.78 is 2.89. The van der Waals surface area contributed by atoms with Gasteiger partial charge in [0.15, 0.2) is 0 Å². The van der Waals surface area contributed by atoms with Crippen LogP contribution in [0, 0.1) is 0 Å². The first-order valence-electron chi connectivity index (χ1n) is 7.94. The van der Waals surface area contributed by atoms with E-state index in [1.54, 1.807) is 0 Å². The number of allylic oxidation sites excluding steroid dienone is 8. The topological polar surface area (TPSA) is 0 Å². The minimum atomic E-state index is -0.301. The summed E-state index contributed by atoms with van der Waals surface area (Å²) in [4.78, 5) is -0.602. The van der Waals surface area contributed by atoms with Crippen molar-refractivity contribution in [3.8, 4) is 0 Å². The van der Waals surface area contributed by atoms with Crippen LogP contribution in [0.2, 0.25) is 0 Å². The molecule has 132 valence electrons. The number of halogens is 2. The Morgan fingerprint density at radius 2 is 0.913 bits per heavy atom. The van der Waals surface area contributed by atoms with Crippen LogP contribution in [-0.2, 0) is 15.2 Å². The first kappa shape index (κ1) is 23.1. The molecule has 0 saturated carbocycles. The summed E-state index contributed by atoms with van der Waals surface area (Å²) in [6.07, 6.45) is 4.27. The molecule has 0 aliphatic heterocycles. The van der Waals surface area contributed by atoms with E-state index in [2.05, 4.69) is 53.7 Å². The molecule has 0 N–H and O–H groups in total. The van der Waals surface area contributed by atoms with Crippen LogP contribution in [0.4, 0.5) is 0 Å². The molecule has 23 heavy (non-hydrogen) atoms. The predicted molar refractivity (Wildman–Crippen MR) is 104 cm³/mol. The first-order valence-corrected chi connectivity index (χ1v) is 9.97. The summed E-state index contributed by atoms with van der Waals surface area (Å²) in [6.45, 7) is 21.2. The fourth-order valence-electron chi connectivity index (χ4n) is 2.18. The van der Waals surface area contributed by atoms with Gasteiger partial charge >= 0.3 is 161 Å². The Hall–Kier alpha value is 0.0725. The van der Waals surface area contributed by atoms with Gasteiger partial charge in [-0.25, -0.2) is 0 Å². The Bertz CT molecular complexity index is 497. The molecule has 0 rings (SSSR count). The van der Waals surface area contributed by atoms with Crippen molar-refractivity contribution in [3.05, 3.63) is 43.3 Å². The van der Waals surface area contributed by atoms with E-state index in [1.165, 1.54) is 31.2 Å². The summed E-state index contributed by atoms with van der Waals surface area (Å²) in [7, 11) is 0. The SMILES string of the molecule is CC(=CC(C)(C)Cl)C(C)=[C](C)[Cr][C](C)=C(C)C(C)=CC(C)(C)Cl.